The van der Waals surface area contributed by atoms with Crippen LogP contribution in [0.4, 0.5) is 0 Å². The van der Waals surface area contributed by atoms with E-state index in [4.69, 9.17) is 5.11 Å². The van der Waals surface area contributed by atoms with E-state index in [1.807, 2.05) is 13.0 Å². The molecule has 1 aliphatic carbocycles. The topological polar surface area (TPSA) is 40.5 Å². The molecule has 3 heteroatoms. The van der Waals surface area contributed by atoms with E-state index in [9.17, 15) is 4.79 Å². The monoisotopic (exact) mass is 261 g/mol. The third kappa shape index (κ3) is 3.80. The van der Waals surface area contributed by atoms with Gasteiger partial charge in [-0.05, 0) is 56.0 Å². The average molecular weight is 261 g/mol. The summed E-state index contributed by atoms with van der Waals surface area (Å²) in [6.07, 6.45) is 5.09. The fourth-order valence-electron chi connectivity index (χ4n) is 2.42. The van der Waals surface area contributed by atoms with Crippen LogP contribution in [0.5, 0.6) is 0 Å². The molecule has 1 aromatic rings. The molecule has 19 heavy (non-hydrogen) atoms. The van der Waals surface area contributed by atoms with E-state index in [1.54, 1.807) is 12.1 Å². The molecular formula is C16H23NO2. The van der Waals surface area contributed by atoms with Crippen LogP contribution in [0.3, 0.4) is 0 Å². The van der Waals surface area contributed by atoms with Gasteiger partial charge in [0.25, 0.3) is 0 Å². The maximum absolute atomic E-state index is 10.9. The Kier molecular flexibility index (Phi) is 4.59. The second-order valence-corrected chi connectivity index (χ2v) is 5.50. The molecule has 0 atom stereocenters. The third-order valence-corrected chi connectivity index (χ3v) is 3.83. The number of nitrogens with zero attached hydrogens (tertiary/aromatic N) is 1. The minimum absolute atomic E-state index is 0.382. The lowest BCUT2D eigenvalue weighted by Gasteiger charge is -2.23. The number of unbranched alkanes of at least 4 members (excludes halogenated alkanes) is 1. The Bertz CT molecular complexity index is 452. The molecule has 0 unspecified atom stereocenters. The molecule has 0 saturated heterocycles. The summed E-state index contributed by atoms with van der Waals surface area (Å²) in [4.78, 5) is 13.5. The van der Waals surface area contributed by atoms with Crippen molar-refractivity contribution < 1.29 is 9.90 Å². The highest BCUT2D eigenvalue weighted by atomic mass is 16.4. The van der Waals surface area contributed by atoms with Crippen LogP contribution in [-0.2, 0) is 6.54 Å². The molecule has 1 aliphatic rings. The van der Waals surface area contributed by atoms with Gasteiger partial charge in [0.15, 0.2) is 0 Å². The van der Waals surface area contributed by atoms with Gasteiger partial charge in [-0.3, -0.25) is 4.90 Å². The third-order valence-electron chi connectivity index (χ3n) is 3.83. The Morgan fingerprint density at radius 1 is 1.42 bits per heavy atom. The number of benzene rings is 1. The molecule has 1 N–H and O–H groups in total. The van der Waals surface area contributed by atoms with Crippen molar-refractivity contribution in [2.24, 2.45) is 0 Å². The lowest BCUT2D eigenvalue weighted by molar-refractivity contribution is 0.0696. The summed E-state index contributed by atoms with van der Waals surface area (Å²) in [5.74, 6) is -0.848. The van der Waals surface area contributed by atoms with E-state index >= 15 is 0 Å². The quantitative estimate of drug-likeness (QED) is 0.817. The number of hydrogen-bond donors (Lipinski definition) is 1. The molecule has 104 valence electrons. The molecule has 0 aliphatic heterocycles. The number of hydrogen-bond acceptors (Lipinski definition) is 2. The van der Waals surface area contributed by atoms with Gasteiger partial charge in [0.1, 0.15) is 0 Å². The van der Waals surface area contributed by atoms with Gasteiger partial charge in [-0.2, -0.15) is 0 Å². The van der Waals surface area contributed by atoms with E-state index in [2.05, 4.69) is 11.8 Å². The minimum atomic E-state index is -0.848. The molecule has 2 rings (SSSR count). The van der Waals surface area contributed by atoms with Crippen LogP contribution in [-0.4, -0.2) is 28.6 Å². The number of aromatic carboxylic acids is 1. The zero-order valence-electron chi connectivity index (χ0n) is 11.9. The van der Waals surface area contributed by atoms with Crippen LogP contribution in [0.25, 0.3) is 0 Å². The molecule has 0 spiro atoms. The molecule has 3 nitrogen and oxygen atoms in total. The Morgan fingerprint density at radius 2 is 2.16 bits per heavy atom. The van der Waals surface area contributed by atoms with E-state index in [0.29, 0.717) is 5.56 Å². The highest BCUT2D eigenvalue weighted by Crippen LogP contribution is 2.29. The Morgan fingerprint density at radius 3 is 2.68 bits per heavy atom. The smallest absolute Gasteiger partial charge is 0.335 e. The molecule has 1 aromatic carbocycles. The van der Waals surface area contributed by atoms with Crippen LogP contribution in [0.15, 0.2) is 18.2 Å². The average Bonchev–Trinajstić information content (AvgIpc) is 3.20. The molecule has 0 radical (unpaired) electrons. The van der Waals surface area contributed by atoms with Crippen molar-refractivity contribution in [2.75, 3.05) is 6.54 Å². The fourth-order valence-corrected chi connectivity index (χ4v) is 2.42. The number of carboxylic acid groups (broad SMARTS) is 1. The molecule has 0 aromatic heterocycles. The summed E-state index contributed by atoms with van der Waals surface area (Å²) in [5.41, 5.74) is 2.72. The van der Waals surface area contributed by atoms with Crippen molar-refractivity contribution in [3.63, 3.8) is 0 Å². The van der Waals surface area contributed by atoms with Crippen molar-refractivity contribution in [1.29, 1.82) is 0 Å². The standard InChI is InChI=1S/C16H23NO2/c1-3-4-9-17(15-7-8-15)11-14-6-5-13(16(18)19)10-12(14)2/h5-6,10,15H,3-4,7-9,11H2,1-2H3,(H,18,19). The maximum atomic E-state index is 10.9. The summed E-state index contributed by atoms with van der Waals surface area (Å²) in [5, 5.41) is 8.99. The van der Waals surface area contributed by atoms with E-state index < -0.39 is 5.97 Å². The van der Waals surface area contributed by atoms with Gasteiger partial charge < -0.3 is 5.11 Å². The van der Waals surface area contributed by atoms with Crippen molar-refractivity contribution >= 4 is 5.97 Å². The largest absolute Gasteiger partial charge is 0.478 e. The zero-order chi connectivity index (χ0) is 13.8. The number of rotatable bonds is 7. The van der Waals surface area contributed by atoms with Crippen molar-refractivity contribution in [3.8, 4) is 0 Å². The van der Waals surface area contributed by atoms with Crippen LogP contribution >= 0.6 is 0 Å². The predicted molar refractivity (Wildman–Crippen MR) is 76.5 cm³/mol. The van der Waals surface area contributed by atoms with Crippen molar-refractivity contribution in [2.45, 2.75) is 52.1 Å². The van der Waals surface area contributed by atoms with Crippen LogP contribution in [0.2, 0.25) is 0 Å². The Balaban J connectivity index is 2.06. The van der Waals surface area contributed by atoms with E-state index in [-0.39, 0.29) is 0 Å². The first-order valence-corrected chi connectivity index (χ1v) is 7.18. The minimum Gasteiger partial charge on any atom is -0.478 e. The lowest BCUT2D eigenvalue weighted by atomic mass is 10.0. The summed E-state index contributed by atoms with van der Waals surface area (Å²) < 4.78 is 0. The van der Waals surface area contributed by atoms with Gasteiger partial charge >= 0.3 is 5.97 Å². The van der Waals surface area contributed by atoms with Crippen molar-refractivity contribution in [3.05, 3.63) is 34.9 Å². The summed E-state index contributed by atoms with van der Waals surface area (Å²) in [6.45, 7) is 6.34. The first-order valence-electron chi connectivity index (χ1n) is 7.18. The highest BCUT2D eigenvalue weighted by molar-refractivity contribution is 5.87. The van der Waals surface area contributed by atoms with Gasteiger partial charge in [-0.25, -0.2) is 4.79 Å². The second-order valence-electron chi connectivity index (χ2n) is 5.50. The van der Waals surface area contributed by atoms with E-state index in [0.717, 1.165) is 24.7 Å². The van der Waals surface area contributed by atoms with Crippen molar-refractivity contribution in [1.82, 2.24) is 4.90 Å². The molecule has 0 bridgehead atoms. The van der Waals surface area contributed by atoms with E-state index in [1.165, 1.54) is 31.2 Å². The second kappa shape index (κ2) is 6.20. The Hall–Kier alpha value is -1.35. The van der Waals surface area contributed by atoms with Crippen LogP contribution in [0, 0.1) is 6.92 Å². The van der Waals surface area contributed by atoms with Gasteiger partial charge in [-0.15, -0.1) is 0 Å². The highest BCUT2D eigenvalue weighted by Gasteiger charge is 2.28. The predicted octanol–water partition coefficient (Wildman–Crippen LogP) is 3.46. The van der Waals surface area contributed by atoms with Gasteiger partial charge in [-0.1, -0.05) is 19.4 Å². The zero-order valence-corrected chi connectivity index (χ0v) is 11.9. The van der Waals surface area contributed by atoms with Gasteiger partial charge in [0.2, 0.25) is 0 Å². The normalized spacial score (nSPS) is 14.9. The maximum Gasteiger partial charge on any atom is 0.335 e. The number of aryl methyl sites for hydroxylation is 1. The molecule has 1 fully saturated rings. The fraction of sp³-hybridized carbons (Fsp3) is 0.562. The summed E-state index contributed by atoms with van der Waals surface area (Å²) >= 11 is 0. The molecular weight excluding hydrogens is 238 g/mol. The van der Waals surface area contributed by atoms with Crippen LogP contribution < -0.4 is 0 Å². The number of carbonyl (C=O) groups is 1. The van der Waals surface area contributed by atoms with Gasteiger partial charge in [0.05, 0.1) is 5.56 Å². The molecule has 1 saturated carbocycles. The number of carboxylic acids is 1. The summed E-state index contributed by atoms with van der Waals surface area (Å²) in [7, 11) is 0. The Labute approximate surface area is 115 Å². The molecule has 0 amide bonds. The first kappa shape index (κ1) is 14.1. The first-order chi connectivity index (χ1) is 9.11. The molecule has 0 heterocycles. The van der Waals surface area contributed by atoms with Gasteiger partial charge in [0, 0.05) is 12.6 Å². The SMILES string of the molecule is CCCCN(Cc1ccc(C(=O)O)cc1C)C1CC1. The summed E-state index contributed by atoms with van der Waals surface area (Å²) in [6, 6.07) is 6.23. The van der Waals surface area contributed by atoms with Crippen LogP contribution in [0.1, 0.15) is 54.1 Å². The lowest BCUT2D eigenvalue weighted by Crippen LogP contribution is -2.27.